The minimum atomic E-state index is -0.248. The SMILES string of the molecule is COc1ccc(CN2C[C@H](c3ccc(F)cc3)[C@H]3OCC(=O)NC[C@H]32)cc1. The van der Waals surface area contributed by atoms with E-state index in [1.807, 2.05) is 24.3 Å². The van der Waals surface area contributed by atoms with Crippen LogP contribution < -0.4 is 10.1 Å². The Kier molecular flexibility index (Phi) is 5.09. The van der Waals surface area contributed by atoms with E-state index < -0.39 is 0 Å². The molecule has 4 rings (SSSR count). The molecule has 1 amide bonds. The number of carbonyl (C=O) groups is 1. The minimum absolute atomic E-state index is 0.0647. The Morgan fingerprint density at radius 2 is 1.93 bits per heavy atom. The average molecular weight is 370 g/mol. The molecule has 2 aromatic carbocycles. The van der Waals surface area contributed by atoms with Gasteiger partial charge in [-0.15, -0.1) is 0 Å². The molecule has 2 fully saturated rings. The first-order valence-electron chi connectivity index (χ1n) is 9.15. The third kappa shape index (κ3) is 3.82. The molecule has 142 valence electrons. The number of nitrogens with one attached hydrogen (secondary N) is 1. The van der Waals surface area contributed by atoms with Crippen LogP contribution in [-0.2, 0) is 16.1 Å². The molecule has 0 aliphatic carbocycles. The standard InChI is InChI=1S/C21H23FN2O3/c1-26-17-8-2-14(3-9-17)11-24-12-18(15-4-6-16(22)7-5-15)21-19(24)10-23-20(25)13-27-21/h2-9,18-19,21H,10-13H2,1H3,(H,23,25)/t18-,19-,21-/m1/s1. The van der Waals surface area contributed by atoms with Crippen molar-refractivity contribution in [2.45, 2.75) is 24.6 Å². The fraction of sp³-hybridized carbons (Fsp3) is 0.381. The van der Waals surface area contributed by atoms with E-state index in [9.17, 15) is 9.18 Å². The molecule has 0 unspecified atom stereocenters. The molecule has 0 aromatic heterocycles. The van der Waals surface area contributed by atoms with Gasteiger partial charge in [0, 0.05) is 25.6 Å². The zero-order valence-electron chi connectivity index (χ0n) is 15.2. The molecule has 0 saturated carbocycles. The van der Waals surface area contributed by atoms with Crippen LogP contribution in [0.1, 0.15) is 17.0 Å². The Labute approximate surface area is 158 Å². The second-order valence-electron chi connectivity index (χ2n) is 7.08. The summed E-state index contributed by atoms with van der Waals surface area (Å²) in [7, 11) is 1.65. The second-order valence-corrected chi connectivity index (χ2v) is 7.08. The predicted octanol–water partition coefficient (Wildman–Crippen LogP) is 2.32. The summed E-state index contributed by atoms with van der Waals surface area (Å²) in [6.45, 7) is 2.16. The van der Waals surface area contributed by atoms with Crippen molar-refractivity contribution in [1.82, 2.24) is 10.2 Å². The number of nitrogens with zero attached hydrogens (tertiary/aromatic N) is 1. The number of rotatable bonds is 4. The van der Waals surface area contributed by atoms with Crippen LogP contribution >= 0.6 is 0 Å². The first kappa shape index (κ1) is 17.9. The van der Waals surface area contributed by atoms with Crippen molar-refractivity contribution in [2.75, 3.05) is 26.8 Å². The van der Waals surface area contributed by atoms with Crippen LogP contribution in [0.2, 0.25) is 0 Å². The lowest BCUT2D eigenvalue weighted by molar-refractivity contribution is -0.125. The van der Waals surface area contributed by atoms with E-state index in [0.717, 1.165) is 24.4 Å². The summed E-state index contributed by atoms with van der Waals surface area (Å²) in [6, 6.07) is 14.7. The van der Waals surface area contributed by atoms with E-state index in [1.54, 1.807) is 7.11 Å². The number of fused-ring (bicyclic) bond motifs is 1. The number of amides is 1. The highest BCUT2D eigenvalue weighted by Gasteiger charge is 2.44. The van der Waals surface area contributed by atoms with Gasteiger partial charge in [-0.3, -0.25) is 9.69 Å². The number of carbonyl (C=O) groups excluding carboxylic acids is 1. The maximum absolute atomic E-state index is 13.3. The highest BCUT2D eigenvalue weighted by molar-refractivity contribution is 5.77. The molecule has 27 heavy (non-hydrogen) atoms. The number of benzene rings is 2. The lowest BCUT2D eigenvalue weighted by atomic mass is 9.93. The van der Waals surface area contributed by atoms with Crippen LogP contribution in [0.25, 0.3) is 0 Å². The molecule has 0 spiro atoms. The van der Waals surface area contributed by atoms with Gasteiger partial charge in [-0.25, -0.2) is 4.39 Å². The summed E-state index contributed by atoms with van der Waals surface area (Å²) in [6.07, 6.45) is -0.104. The van der Waals surface area contributed by atoms with Crippen molar-refractivity contribution >= 4 is 5.91 Å². The summed E-state index contributed by atoms with van der Waals surface area (Å²) in [5.41, 5.74) is 2.21. The second kappa shape index (κ2) is 7.66. The summed E-state index contributed by atoms with van der Waals surface area (Å²) in [5, 5.41) is 2.95. The minimum Gasteiger partial charge on any atom is -0.497 e. The van der Waals surface area contributed by atoms with Crippen LogP contribution in [0.4, 0.5) is 4.39 Å². The van der Waals surface area contributed by atoms with Crippen molar-refractivity contribution in [3.8, 4) is 5.75 Å². The van der Waals surface area contributed by atoms with E-state index in [0.29, 0.717) is 6.54 Å². The Balaban J connectivity index is 1.58. The Morgan fingerprint density at radius 3 is 2.63 bits per heavy atom. The fourth-order valence-corrected chi connectivity index (χ4v) is 4.03. The van der Waals surface area contributed by atoms with Gasteiger partial charge in [0.15, 0.2) is 0 Å². The Bertz CT molecular complexity index is 794. The Hall–Kier alpha value is -2.44. The van der Waals surface area contributed by atoms with Gasteiger partial charge in [0.2, 0.25) is 5.91 Å². The molecule has 2 aliphatic heterocycles. The van der Waals surface area contributed by atoms with Crippen LogP contribution in [0, 0.1) is 5.82 Å². The van der Waals surface area contributed by atoms with Crippen LogP contribution in [0.5, 0.6) is 5.75 Å². The molecular weight excluding hydrogens is 347 g/mol. The van der Waals surface area contributed by atoms with Gasteiger partial charge >= 0.3 is 0 Å². The number of ether oxygens (including phenoxy) is 2. The molecule has 5 nitrogen and oxygen atoms in total. The molecular formula is C21H23FN2O3. The highest BCUT2D eigenvalue weighted by atomic mass is 19.1. The van der Waals surface area contributed by atoms with E-state index in [4.69, 9.17) is 9.47 Å². The van der Waals surface area contributed by atoms with Crippen LogP contribution in [-0.4, -0.2) is 49.8 Å². The lowest BCUT2D eigenvalue weighted by Crippen LogP contribution is -2.42. The van der Waals surface area contributed by atoms with Gasteiger partial charge in [0.1, 0.15) is 18.2 Å². The van der Waals surface area contributed by atoms with Gasteiger partial charge in [-0.1, -0.05) is 24.3 Å². The van der Waals surface area contributed by atoms with Crippen LogP contribution in [0.15, 0.2) is 48.5 Å². The van der Waals surface area contributed by atoms with E-state index in [2.05, 4.69) is 22.3 Å². The summed E-state index contributed by atoms with van der Waals surface area (Å²) >= 11 is 0. The summed E-state index contributed by atoms with van der Waals surface area (Å²) in [4.78, 5) is 14.2. The number of likely N-dealkylation sites (tertiary alicyclic amines) is 1. The normalized spacial score (nSPS) is 25.6. The molecule has 2 aliphatic rings. The number of methoxy groups -OCH3 is 1. The summed E-state index contributed by atoms with van der Waals surface area (Å²) in [5.74, 6) is 0.586. The number of halogens is 1. The molecule has 0 radical (unpaired) electrons. The van der Waals surface area contributed by atoms with E-state index >= 15 is 0 Å². The first-order valence-corrected chi connectivity index (χ1v) is 9.15. The van der Waals surface area contributed by atoms with Gasteiger partial charge < -0.3 is 14.8 Å². The fourth-order valence-electron chi connectivity index (χ4n) is 4.03. The van der Waals surface area contributed by atoms with Gasteiger partial charge in [0.25, 0.3) is 0 Å². The van der Waals surface area contributed by atoms with E-state index in [-0.39, 0.29) is 36.4 Å². The third-order valence-electron chi connectivity index (χ3n) is 5.43. The monoisotopic (exact) mass is 370 g/mol. The molecule has 6 heteroatoms. The molecule has 0 bridgehead atoms. The number of hydrogen-bond donors (Lipinski definition) is 1. The zero-order chi connectivity index (χ0) is 18.8. The maximum atomic E-state index is 13.3. The maximum Gasteiger partial charge on any atom is 0.246 e. The molecule has 2 aromatic rings. The van der Waals surface area contributed by atoms with E-state index in [1.165, 1.54) is 17.7 Å². The average Bonchev–Trinajstić information content (AvgIpc) is 2.90. The smallest absolute Gasteiger partial charge is 0.246 e. The largest absolute Gasteiger partial charge is 0.497 e. The molecule has 2 heterocycles. The topological polar surface area (TPSA) is 50.8 Å². The molecule has 2 saturated heterocycles. The van der Waals surface area contributed by atoms with Gasteiger partial charge in [-0.05, 0) is 35.4 Å². The molecule has 3 atom stereocenters. The molecule has 1 N–H and O–H groups in total. The van der Waals surface area contributed by atoms with Crippen molar-refractivity contribution in [2.24, 2.45) is 0 Å². The van der Waals surface area contributed by atoms with Crippen LogP contribution in [0.3, 0.4) is 0 Å². The van der Waals surface area contributed by atoms with Crippen molar-refractivity contribution in [3.63, 3.8) is 0 Å². The third-order valence-corrected chi connectivity index (χ3v) is 5.43. The van der Waals surface area contributed by atoms with Crippen molar-refractivity contribution < 1.29 is 18.7 Å². The van der Waals surface area contributed by atoms with Crippen molar-refractivity contribution in [1.29, 1.82) is 0 Å². The van der Waals surface area contributed by atoms with Gasteiger partial charge in [-0.2, -0.15) is 0 Å². The number of hydrogen-bond acceptors (Lipinski definition) is 4. The van der Waals surface area contributed by atoms with Gasteiger partial charge in [0.05, 0.1) is 19.3 Å². The lowest BCUT2D eigenvalue weighted by Gasteiger charge is -2.26. The quantitative estimate of drug-likeness (QED) is 0.898. The predicted molar refractivity (Wildman–Crippen MR) is 99.1 cm³/mol. The zero-order valence-corrected chi connectivity index (χ0v) is 15.2. The van der Waals surface area contributed by atoms with Crippen molar-refractivity contribution in [3.05, 3.63) is 65.5 Å². The summed E-state index contributed by atoms with van der Waals surface area (Å²) < 4.78 is 24.5. The highest BCUT2D eigenvalue weighted by Crippen LogP contribution is 2.36. The Morgan fingerprint density at radius 1 is 1.19 bits per heavy atom. The first-order chi connectivity index (χ1) is 13.1.